The molecule has 0 saturated carbocycles. The van der Waals surface area contributed by atoms with Crippen LogP contribution in [0.4, 0.5) is 0 Å². The van der Waals surface area contributed by atoms with Crippen LogP contribution in [0.15, 0.2) is 0 Å². The fraction of sp³-hybridized carbons (Fsp3) is 1.00. The first-order chi connectivity index (χ1) is 2.89. The molecule has 0 N–H and O–H groups in total. The van der Waals surface area contributed by atoms with E-state index < -0.39 is 0 Å². The van der Waals surface area contributed by atoms with Gasteiger partial charge in [-0.25, -0.2) is 0 Å². The van der Waals surface area contributed by atoms with Crippen molar-refractivity contribution in [1.82, 2.24) is 5.06 Å². The molecule has 0 unspecified atom stereocenters. The highest BCUT2D eigenvalue weighted by Crippen LogP contribution is 1.97. The lowest BCUT2D eigenvalue weighted by Gasteiger charge is -2.01. The normalized spacial score (nSPS) is 25.5. The van der Waals surface area contributed by atoms with Gasteiger partial charge < -0.3 is 0 Å². The minimum atomic E-state index is 0.913. The van der Waals surface area contributed by atoms with Gasteiger partial charge >= 0.3 is 0 Å². The van der Waals surface area contributed by atoms with Crippen molar-refractivity contribution in [2.24, 2.45) is 0 Å². The van der Waals surface area contributed by atoms with E-state index in [1.807, 2.05) is 12.1 Å². The lowest BCUT2D eigenvalue weighted by Crippen LogP contribution is -2.08. The second-order valence-corrected chi connectivity index (χ2v) is 1.54. The van der Waals surface area contributed by atoms with Crippen molar-refractivity contribution in [3.63, 3.8) is 0 Å². The zero-order valence-electron chi connectivity index (χ0n) is 3.98. The monoisotopic (exact) mass is 87.1 g/mol. The molecule has 1 heterocycles. The third-order valence-corrected chi connectivity index (χ3v) is 0.929. The number of hydrogen-bond acceptors (Lipinski definition) is 2. The molecule has 0 amide bonds. The summed E-state index contributed by atoms with van der Waals surface area (Å²) >= 11 is 0. The van der Waals surface area contributed by atoms with Crippen LogP contribution in [0, 0.1) is 0 Å². The Labute approximate surface area is 37.7 Å². The summed E-state index contributed by atoms with van der Waals surface area (Å²) in [5, 5.41) is 1.86. The van der Waals surface area contributed by atoms with E-state index in [0.29, 0.717) is 0 Å². The minimum Gasteiger partial charge on any atom is -0.299 e. The summed E-state index contributed by atoms with van der Waals surface area (Å²) in [6, 6.07) is 0. The Morgan fingerprint density at radius 1 is 1.67 bits per heavy atom. The molecule has 2 heteroatoms. The zero-order chi connectivity index (χ0) is 4.41. The molecule has 1 rings (SSSR count). The van der Waals surface area contributed by atoms with Crippen LogP contribution in [0.5, 0.6) is 0 Å². The topological polar surface area (TPSA) is 12.5 Å². The van der Waals surface area contributed by atoms with Crippen molar-refractivity contribution in [3.8, 4) is 0 Å². The first-order valence-corrected chi connectivity index (χ1v) is 2.23. The largest absolute Gasteiger partial charge is 0.299 e. The third-order valence-electron chi connectivity index (χ3n) is 0.929. The molecule has 1 fully saturated rings. The van der Waals surface area contributed by atoms with Gasteiger partial charge in [0.2, 0.25) is 0 Å². The van der Waals surface area contributed by atoms with Crippen LogP contribution in [0.1, 0.15) is 6.42 Å². The Hall–Kier alpha value is -0.0800. The molecular weight excluding hydrogens is 78.0 g/mol. The van der Waals surface area contributed by atoms with Crippen molar-refractivity contribution in [2.75, 3.05) is 20.2 Å². The summed E-state index contributed by atoms with van der Waals surface area (Å²) in [5.41, 5.74) is 0. The maximum Gasteiger partial charge on any atom is 0.0698 e. The van der Waals surface area contributed by atoms with Crippen molar-refractivity contribution in [1.29, 1.82) is 0 Å². The smallest absolute Gasteiger partial charge is 0.0698 e. The molecule has 2 nitrogen and oxygen atoms in total. The van der Waals surface area contributed by atoms with E-state index in [2.05, 4.69) is 0 Å². The maximum absolute atomic E-state index is 4.99. The van der Waals surface area contributed by atoms with Crippen LogP contribution in [0.3, 0.4) is 0 Å². The maximum atomic E-state index is 4.99. The average molecular weight is 87.1 g/mol. The van der Waals surface area contributed by atoms with Crippen molar-refractivity contribution >= 4 is 0 Å². The Morgan fingerprint density at radius 2 is 2.50 bits per heavy atom. The van der Waals surface area contributed by atoms with Gasteiger partial charge in [-0.15, -0.1) is 0 Å². The minimum absolute atomic E-state index is 0.913. The summed E-state index contributed by atoms with van der Waals surface area (Å²) in [7, 11) is 1.95. The van der Waals surface area contributed by atoms with Gasteiger partial charge in [0, 0.05) is 13.6 Å². The predicted octanol–water partition coefficient (Wildman–Crippen LogP) is 0.253. The van der Waals surface area contributed by atoms with Gasteiger partial charge in [0.05, 0.1) is 6.61 Å². The van der Waals surface area contributed by atoms with E-state index in [1.165, 1.54) is 6.42 Å². The van der Waals surface area contributed by atoms with Crippen LogP contribution >= 0.6 is 0 Å². The second kappa shape index (κ2) is 1.58. The Balaban J connectivity index is 2.18. The fourth-order valence-corrected chi connectivity index (χ4v) is 0.572. The highest BCUT2D eigenvalue weighted by molar-refractivity contribution is 4.44. The van der Waals surface area contributed by atoms with E-state index in [0.717, 1.165) is 13.2 Å². The summed E-state index contributed by atoms with van der Waals surface area (Å²) < 4.78 is 0. The van der Waals surface area contributed by atoms with Gasteiger partial charge in [0.1, 0.15) is 0 Å². The van der Waals surface area contributed by atoms with Crippen molar-refractivity contribution in [3.05, 3.63) is 0 Å². The van der Waals surface area contributed by atoms with Gasteiger partial charge in [0.15, 0.2) is 0 Å². The number of nitrogens with zero attached hydrogens (tertiary/aromatic N) is 1. The molecule has 0 bridgehead atoms. The van der Waals surface area contributed by atoms with Gasteiger partial charge in [-0.2, -0.15) is 5.06 Å². The van der Waals surface area contributed by atoms with Crippen LogP contribution in [-0.4, -0.2) is 25.3 Å². The second-order valence-electron chi connectivity index (χ2n) is 1.54. The highest BCUT2D eigenvalue weighted by atomic mass is 16.7. The summed E-state index contributed by atoms with van der Waals surface area (Å²) in [6.45, 7) is 2.01. The zero-order valence-corrected chi connectivity index (χ0v) is 3.98. The molecule has 0 aromatic heterocycles. The third kappa shape index (κ3) is 0.698. The van der Waals surface area contributed by atoms with E-state index in [9.17, 15) is 0 Å². The number of rotatable bonds is 0. The van der Waals surface area contributed by atoms with E-state index in [4.69, 9.17) is 4.84 Å². The summed E-state index contributed by atoms with van der Waals surface area (Å²) in [6.07, 6.45) is 1.19. The average Bonchev–Trinajstić information content (AvgIpc) is 1.86. The quantitative estimate of drug-likeness (QED) is 0.420. The molecule has 0 aliphatic carbocycles. The Bertz CT molecular complexity index is 40.8. The molecule has 0 aromatic rings. The molecule has 0 aromatic carbocycles. The summed E-state index contributed by atoms with van der Waals surface area (Å²) in [4.78, 5) is 4.99. The predicted molar refractivity (Wildman–Crippen MR) is 23.2 cm³/mol. The van der Waals surface area contributed by atoms with Crippen LogP contribution in [-0.2, 0) is 4.84 Å². The van der Waals surface area contributed by atoms with Gasteiger partial charge in [0.25, 0.3) is 0 Å². The molecule has 36 valence electrons. The van der Waals surface area contributed by atoms with Crippen molar-refractivity contribution in [2.45, 2.75) is 6.42 Å². The number of hydrogen-bond donors (Lipinski definition) is 0. The highest BCUT2D eigenvalue weighted by Gasteiger charge is 2.03. The van der Waals surface area contributed by atoms with Crippen LogP contribution in [0.25, 0.3) is 0 Å². The molecule has 0 spiro atoms. The summed E-state index contributed by atoms with van der Waals surface area (Å²) in [5.74, 6) is 0. The standard InChI is InChI=1S/C4H9NO/c1-5-3-2-4-6-5/h2-4H2,1H3. The first kappa shape index (κ1) is 4.09. The van der Waals surface area contributed by atoms with Gasteiger partial charge in [-0.1, -0.05) is 0 Å². The van der Waals surface area contributed by atoms with Gasteiger partial charge in [-0.05, 0) is 6.42 Å². The van der Waals surface area contributed by atoms with E-state index >= 15 is 0 Å². The molecule has 0 atom stereocenters. The SMILES string of the molecule is CN1CCCO1. The van der Waals surface area contributed by atoms with E-state index in [-0.39, 0.29) is 0 Å². The first-order valence-electron chi connectivity index (χ1n) is 2.23. The Kier molecular flexibility index (Phi) is 1.08. The van der Waals surface area contributed by atoms with Gasteiger partial charge in [-0.3, -0.25) is 4.84 Å². The molecule has 1 aliphatic heterocycles. The molecule has 1 saturated heterocycles. The Morgan fingerprint density at radius 3 is 2.67 bits per heavy atom. The van der Waals surface area contributed by atoms with E-state index in [1.54, 1.807) is 0 Å². The van der Waals surface area contributed by atoms with Crippen LogP contribution in [0.2, 0.25) is 0 Å². The molecule has 1 aliphatic rings. The lowest BCUT2D eigenvalue weighted by molar-refractivity contribution is -0.0867. The molecular formula is C4H9NO. The fourth-order valence-electron chi connectivity index (χ4n) is 0.572. The number of hydroxylamine groups is 2. The van der Waals surface area contributed by atoms with Crippen molar-refractivity contribution < 1.29 is 4.84 Å². The molecule has 0 radical (unpaired) electrons. The van der Waals surface area contributed by atoms with Crippen LogP contribution < -0.4 is 0 Å². The molecule has 6 heavy (non-hydrogen) atoms. The lowest BCUT2D eigenvalue weighted by atomic mass is 10.5.